The predicted octanol–water partition coefficient (Wildman–Crippen LogP) is 2.24. The molecule has 0 spiro atoms. The van der Waals surface area contributed by atoms with E-state index in [1.54, 1.807) is 11.4 Å². The third-order valence-electron chi connectivity index (χ3n) is 1.16. The highest BCUT2D eigenvalue weighted by atomic mass is 32.1. The Labute approximate surface area is 68.8 Å². The van der Waals surface area contributed by atoms with Crippen LogP contribution < -0.4 is 0 Å². The van der Waals surface area contributed by atoms with Crippen LogP contribution in [-0.4, -0.2) is 10.9 Å². The van der Waals surface area contributed by atoms with Gasteiger partial charge in [-0.15, -0.1) is 0 Å². The first-order valence-electron chi connectivity index (χ1n) is 3.14. The van der Waals surface area contributed by atoms with Crippen molar-refractivity contribution in [3.05, 3.63) is 28.5 Å². The van der Waals surface area contributed by atoms with Crippen LogP contribution in [0.5, 0.6) is 0 Å². The second-order valence-corrected chi connectivity index (χ2v) is 2.93. The molecule has 0 atom stereocenters. The van der Waals surface area contributed by atoms with E-state index in [-0.39, 0.29) is 11.5 Å². The van der Waals surface area contributed by atoms with Crippen LogP contribution in [0, 0.1) is 0 Å². The molecule has 0 amide bonds. The number of allylic oxidation sites excluding steroid dienone is 1. The van der Waals surface area contributed by atoms with Gasteiger partial charge in [-0.25, -0.2) is 0 Å². The van der Waals surface area contributed by atoms with Crippen molar-refractivity contribution in [1.82, 2.24) is 0 Å². The zero-order valence-electron chi connectivity index (χ0n) is 6.07. The summed E-state index contributed by atoms with van der Waals surface area (Å²) in [6.07, 6.45) is 1.21. The van der Waals surface area contributed by atoms with Crippen LogP contribution >= 0.6 is 11.3 Å². The van der Waals surface area contributed by atoms with Gasteiger partial charge in [-0.05, 0) is 18.4 Å². The second kappa shape index (κ2) is 3.34. The van der Waals surface area contributed by atoms with Crippen LogP contribution in [-0.2, 0) is 4.79 Å². The summed E-state index contributed by atoms with van der Waals surface area (Å²) in [6, 6.07) is 1.76. The number of aliphatic hydroxyl groups excluding tert-OH is 1. The minimum Gasteiger partial charge on any atom is -0.507 e. The molecular formula is C8H8O2S. The molecule has 0 aromatic carbocycles. The molecule has 0 aliphatic rings. The van der Waals surface area contributed by atoms with Crippen molar-refractivity contribution in [3.63, 3.8) is 0 Å². The maximum absolute atomic E-state index is 10.5. The van der Waals surface area contributed by atoms with Crippen molar-refractivity contribution < 1.29 is 9.90 Å². The summed E-state index contributed by atoms with van der Waals surface area (Å²) in [5.41, 5.74) is 0.699. The Morgan fingerprint density at radius 2 is 2.45 bits per heavy atom. The maximum atomic E-state index is 10.5. The summed E-state index contributed by atoms with van der Waals surface area (Å²) in [4.78, 5) is 10.5. The first-order valence-corrected chi connectivity index (χ1v) is 4.08. The standard InChI is InChI=1S/C8H8O2S/c1-6(9)4-8(10)7-2-3-11-5-7/h2-5,10H,1H3. The van der Waals surface area contributed by atoms with Crippen molar-refractivity contribution in [2.45, 2.75) is 6.92 Å². The summed E-state index contributed by atoms with van der Waals surface area (Å²) in [6.45, 7) is 1.41. The minimum absolute atomic E-state index is 0.0405. The Morgan fingerprint density at radius 3 is 2.91 bits per heavy atom. The average Bonchev–Trinajstić information content (AvgIpc) is 2.35. The van der Waals surface area contributed by atoms with Crippen LogP contribution in [0.15, 0.2) is 22.9 Å². The topological polar surface area (TPSA) is 37.3 Å². The molecule has 0 saturated carbocycles. The van der Waals surface area contributed by atoms with E-state index < -0.39 is 0 Å². The van der Waals surface area contributed by atoms with Gasteiger partial charge in [-0.2, -0.15) is 11.3 Å². The van der Waals surface area contributed by atoms with Gasteiger partial charge in [0.1, 0.15) is 5.76 Å². The fraction of sp³-hybridized carbons (Fsp3) is 0.125. The Hall–Kier alpha value is -1.09. The molecular weight excluding hydrogens is 160 g/mol. The Bertz CT molecular complexity index is 272. The third-order valence-corrected chi connectivity index (χ3v) is 1.84. The Morgan fingerprint density at radius 1 is 1.73 bits per heavy atom. The number of hydrogen-bond acceptors (Lipinski definition) is 3. The van der Waals surface area contributed by atoms with Gasteiger partial charge >= 0.3 is 0 Å². The molecule has 2 nitrogen and oxygen atoms in total. The van der Waals surface area contributed by atoms with Gasteiger partial charge in [0.2, 0.25) is 0 Å². The summed E-state index contributed by atoms with van der Waals surface area (Å²) >= 11 is 1.48. The molecule has 11 heavy (non-hydrogen) atoms. The lowest BCUT2D eigenvalue weighted by Gasteiger charge is -1.91. The largest absolute Gasteiger partial charge is 0.507 e. The van der Waals surface area contributed by atoms with E-state index in [1.807, 2.05) is 5.38 Å². The van der Waals surface area contributed by atoms with Gasteiger partial charge in [-0.3, -0.25) is 4.79 Å². The zero-order chi connectivity index (χ0) is 8.27. The summed E-state index contributed by atoms with van der Waals surface area (Å²) in [5, 5.41) is 12.9. The number of rotatable bonds is 2. The van der Waals surface area contributed by atoms with E-state index in [9.17, 15) is 9.90 Å². The number of carbonyl (C=O) groups excluding carboxylic acids is 1. The van der Waals surface area contributed by atoms with Gasteiger partial charge < -0.3 is 5.11 Å². The quantitative estimate of drug-likeness (QED) is 0.543. The van der Waals surface area contributed by atoms with Gasteiger partial charge in [0.15, 0.2) is 5.78 Å². The predicted molar refractivity (Wildman–Crippen MR) is 45.6 cm³/mol. The van der Waals surface area contributed by atoms with Gasteiger partial charge in [0.05, 0.1) is 0 Å². The number of carbonyl (C=O) groups is 1. The van der Waals surface area contributed by atoms with Crippen molar-refractivity contribution >= 4 is 22.9 Å². The van der Waals surface area contributed by atoms with E-state index in [2.05, 4.69) is 0 Å². The van der Waals surface area contributed by atoms with E-state index in [0.29, 0.717) is 5.56 Å². The first-order chi connectivity index (χ1) is 5.20. The molecule has 0 bridgehead atoms. The molecule has 1 aromatic rings. The highest BCUT2D eigenvalue weighted by Gasteiger charge is 1.98. The van der Waals surface area contributed by atoms with Crippen molar-refractivity contribution in [2.24, 2.45) is 0 Å². The number of aliphatic hydroxyl groups is 1. The number of hydrogen-bond donors (Lipinski definition) is 1. The lowest BCUT2D eigenvalue weighted by atomic mass is 10.2. The SMILES string of the molecule is CC(=O)C=C(O)c1ccsc1. The molecule has 1 rings (SSSR count). The smallest absolute Gasteiger partial charge is 0.156 e. The highest BCUT2D eigenvalue weighted by Crippen LogP contribution is 2.14. The molecule has 0 unspecified atom stereocenters. The van der Waals surface area contributed by atoms with E-state index in [0.717, 1.165) is 0 Å². The van der Waals surface area contributed by atoms with Crippen molar-refractivity contribution in [2.75, 3.05) is 0 Å². The Kier molecular flexibility index (Phi) is 2.44. The maximum Gasteiger partial charge on any atom is 0.156 e. The highest BCUT2D eigenvalue weighted by molar-refractivity contribution is 7.08. The van der Waals surface area contributed by atoms with Crippen LogP contribution in [0.2, 0.25) is 0 Å². The average molecular weight is 168 g/mol. The monoisotopic (exact) mass is 168 g/mol. The van der Waals surface area contributed by atoms with Gasteiger partial charge in [0.25, 0.3) is 0 Å². The molecule has 1 N–H and O–H groups in total. The summed E-state index contributed by atoms with van der Waals surface area (Å²) in [5.74, 6) is -0.104. The Balaban J connectivity index is 2.86. The van der Waals surface area contributed by atoms with Gasteiger partial charge in [0, 0.05) is 17.0 Å². The summed E-state index contributed by atoms with van der Waals surface area (Å²) in [7, 11) is 0. The van der Waals surface area contributed by atoms with E-state index in [4.69, 9.17) is 0 Å². The van der Waals surface area contributed by atoms with Gasteiger partial charge in [-0.1, -0.05) is 0 Å². The fourth-order valence-corrected chi connectivity index (χ4v) is 1.34. The van der Waals surface area contributed by atoms with Crippen molar-refractivity contribution in [1.29, 1.82) is 0 Å². The first kappa shape index (κ1) is 8.01. The van der Waals surface area contributed by atoms with Crippen LogP contribution in [0.4, 0.5) is 0 Å². The van der Waals surface area contributed by atoms with Crippen LogP contribution in [0.3, 0.4) is 0 Å². The number of ketones is 1. The molecule has 0 saturated heterocycles. The fourth-order valence-electron chi connectivity index (χ4n) is 0.686. The molecule has 0 aliphatic heterocycles. The molecule has 3 heteroatoms. The molecule has 0 radical (unpaired) electrons. The summed E-state index contributed by atoms with van der Waals surface area (Å²) < 4.78 is 0. The van der Waals surface area contributed by atoms with Crippen molar-refractivity contribution in [3.8, 4) is 0 Å². The minimum atomic E-state index is -0.145. The third kappa shape index (κ3) is 2.20. The lowest BCUT2D eigenvalue weighted by Crippen LogP contribution is -1.85. The van der Waals surface area contributed by atoms with Crippen LogP contribution in [0.1, 0.15) is 12.5 Å². The second-order valence-electron chi connectivity index (χ2n) is 2.15. The normalized spacial score (nSPS) is 11.5. The molecule has 58 valence electrons. The molecule has 0 aliphatic carbocycles. The van der Waals surface area contributed by atoms with E-state index in [1.165, 1.54) is 24.3 Å². The molecule has 1 heterocycles. The lowest BCUT2D eigenvalue weighted by molar-refractivity contribution is -0.112. The zero-order valence-corrected chi connectivity index (χ0v) is 6.89. The molecule has 1 aromatic heterocycles. The molecule has 0 fully saturated rings. The van der Waals surface area contributed by atoms with E-state index >= 15 is 0 Å². The van der Waals surface area contributed by atoms with Crippen LogP contribution in [0.25, 0.3) is 5.76 Å². The number of thiophene rings is 1.